The van der Waals surface area contributed by atoms with Crippen LogP contribution in [0.4, 0.5) is 13.6 Å². The van der Waals surface area contributed by atoms with Crippen molar-refractivity contribution in [2.75, 3.05) is 0 Å². The molecule has 0 aliphatic carbocycles. The van der Waals surface area contributed by atoms with E-state index in [9.17, 15) is 13.6 Å². The van der Waals surface area contributed by atoms with E-state index in [2.05, 4.69) is 0 Å². The SMILES string of the molecule is O=C(Oc1cccc(F)c1)Oc1cccc(F)c1. The van der Waals surface area contributed by atoms with Crippen molar-refractivity contribution in [3.63, 3.8) is 0 Å². The summed E-state index contributed by atoms with van der Waals surface area (Å²) in [7, 11) is 0. The molecule has 92 valence electrons. The molecule has 0 aromatic heterocycles. The fourth-order valence-electron chi connectivity index (χ4n) is 1.27. The molecule has 0 radical (unpaired) electrons. The Morgan fingerprint density at radius 3 is 1.67 bits per heavy atom. The van der Waals surface area contributed by atoms with Gasteiger partial charge in [-0.25, -0.2) is 13.6 Å². The molecule has 3 nitrogen and oxygen atoms in total. The van der Waals surface area contributed by atoms with Crippen molar-refractivity contribution >= 4 is 6.16 Å². The van der Waals surface area contributed by atoms with E-state index in [4.69, 9.17) is 9.47 Å². The predicted octanol–water partition coefficient (Wildman–Crippen LogP) is 3.54. The Bertz CT molecular complexity index is 520. The highest BCUT2D eigenvalue weighted by molar-refractivity contribution is 5.66. The van der Waals surface area contributed by atoms with Gasteiger partial charge in [-0.05, 0) is 24.3 Å². The van der Waals surface area contributed by atoms with Gasteiger partial charge >= 0.3 is 6.16 Å². The average Bonchev–Trinajstić information content (AvgIpc) is 2.28. The van der Waals surface area contributed by atoms with Gasteiger partial charge in [0.1, 0.15) is 23.1 Å². The molecule has 0 atom stereocenters. The molecule has 0 heterocycles. The standard InChI is InChI=1S/C13H8F2O3/c14-9-3-1-5-11(7-9)17-13(16)18-12-6-2-4-10(15)8-12/h1-8H. The van der Waals surface area contributed by atoms with Crippen LogP contribution < -0.4 is 9.47 Å². The fraction of sp³-hybridized carbons (Fsp3) is 0. The maximum absolute atomic E-state index is 12.8. The number of hydrogen-bond donors (Lipinski definition) is 0. The monoisotopic (exact) mass is 250 g/mol. The Labute approximate surface area is 102 Å². The largest absolute Gasteiger partial charge is 0.519 e. The molecule has 0 aliphatic heterocycles. The van der Waals surface area contributed by atoms with Crippen molar-refractivity contribution in [1.82, 2.24) is 0 Å². The molecule has 0 aliphatic rings. The van der Waals surface area contributed by atoms with Crippen LogP contribution in [0.15, 0.2) is 48.5 Å². The number of hydrogen-bond acceptors (Lipinski definition) is 3. The first-order valence-electron chi connectivity index (χ1n) is 5.04. The summed E-state index contributed by atoms with van der Waals surface area (Å²) in [4.78, 5) is 11.3. The van der Waals surface area contributed by atoms with Gasteiger partial charge in [-0.3, -0.25) is 0 Å². The third-order valence-corrected chi connectivity index (χ3v) is 1.99. The van der Waals surface area contributed by atoms with Crippen molar-refractivity contribution in [1.29, 1.82) is 0 Å². The van der Waals surface area contributed by atoms with Crippen molar-refractivity contribution in [2.24, 2.45) is 0 Å². The van der Waals surface area contributed by atoms with Crippen molar-refractivity contribution in [2.45, 2.75) is 0 Å². The third-order valence-electron chi connectivity index (χ3n) is 1.99. The van der Waals surface area contributed by atoms with Crippen LogP contribution in [0.2, 0.25) is 0 Å². The van der Waals surface area contributed by atoms with E-state index in [1.165, 1.54) is 36.4 Å². The lowest BCUT2D eigenvalue weighted by Crippen LogP contribution is -2.13. The van der Waals surface area contributed by atoms with Gasteiger partial charge in [0, 0.05) is 12.1 Å². The van der Waals surface area contributed by atoms with Crippen LogP contribution in [0.1, 0.15) is 0 Å². The molecule has 0 amide bonds. The van der Waals surface area contributed by atoms with Crippen molar-refractivity contribution in [3.05, 3.63) is 60.2 Å². The molecule has 2 aromatic rings. The first-order chi connectivity index (χ1) is 8.63. The van der Waals surface area contributed by atoms with Gasteiger partial charge in [0.15, 0.2) is 0 Å². The third kappa shape index (κ3) is 3.28. The number of halogens is 2. The quantitative estimate of drug-likeness (QED) is 0.604. The summed E-state index contributed by atoms with van der Waals surface area (Å²) < 4.78 is 35.1. The zero-order valence-corrected chi connectivity index (χ0v) is 9.10. The molecular weight excluding hydrogens is 242 g/mol. The van der Waals surface area contributed by atoms with Crippen LogP contribution in [-0.4, -0.2) is 6.16 Å². The zero-order chi connectivity index (χ0) is 13.0. The first kappa shape index (κ1) is 12.0. The van der Waals surface area contributed by atoms with E-state index in [-0.39, 0.29) is 11.5 Å². The normalized spacial score (nSPS) is 9.89. The van der Waals surface area contributed by atoms with Crippen LogP contribution in [0.25, 0.3) is 0 Å². The number of rotatable bonds is 2. The van der Waals surface area contributed by atoms with Gasteiger partial charge in [0.05, 0.1) is 0 Å². The lowest BCUT2D eigenvalue weighted by Gasteiger charge is -2.05. The van der Waals surface area contributed by atoms with E-state index < -0.39 is 17.8 Å². The Kier molecular flexibility index (Phi) is 3.52. The molecule has 2 rings (SSSR count). The number of carbonyl (C=O) groups is 1. The number of benzene rings is 2. The van der Waals surface area contributed by atoms with Crippen molar-refractivity contribution < 1.29 is 23.0 Å². The summed E-state index contributed by atoms with van der Waals surface area (Å²) in [5.74, 6) is -1.05. The van der Waals surface area contributed by atoms with Crippen LogP contribution in [-0.2, 0) is 0 Å². The lowest BCUT2D eigenvalue weighted by molar-refractivity contribution is 0.151. The Morgan fingerprint density at radius 1 is 0.833 bits per heavy atom. The summed E-state index contributed by atoms with van der Waals surface area (Å²) in [6.45, 7) is 0. The van der Waals surface area contributed by atoms with Gasteiger partial charge in [-0.1, -0.05) is 12.1 Å². The molecular formula is C13H8F2O3. The molecule has 0 fully saturated rings. The van der Waals surface area contributed by atoms with Crippen LogP contribution in [0.5, 0.6) is 11.5 Å². The lowest BCUT2D eigenvalue weighted by atomic mass is 10.3. The molecule has 0 saturated heterocycles. The topological polar surface area (TPSA) is 35.5 Å². The second-order valence-electron chi connectivity index (χ2n) is 3.37. The molecule has 2 aromatic carbocycles. The molecule has 0 N–H and O–H groups in total. The summed E-state index contributed by atoms with van der Waals surface area (Å²) in [5, 5.41) is 0. The molecule has 0 unspecified atom stereocenters. The summed E-state index contributed by atoms with van der Waals surface area (Å²) in [5.41, 5.74) is 0. The fourth-order valence-corrected chi connectivity index (χ4v) is 1.27. The maximum atomic E-state index is 12.8. The highest BCUT2D eigenvalue weighted by Crippen LogP contribution is 2.15. The van der Waals surface area contributed by atoms with Gasteiger partial charge in [-0.2, -0.15) is 0 Å². The van der Waals surface area contributed by atoms with Crippen LogP contribution >= 0.6 is 0 Å². The zero-order valence-electron chi connectivity index (χ0n) is 9.10. The van der Waals surface area contributed by atoms with Gasteiger partial charge in [0.2, 0.25) is 0 Å². The molecule has 5 heteroatoms. The van der Waals surface area contributed by atoms with Gasteiger partial charge < -0.3 is 9.47 Å². The Morgan fingerprint density at radius 2 is 1.28 bits per heavy atom. The highest BCUT2D eigenvalue weighted by atomic mass is 19.1. The minimum absolute atomic E-state index is 0.0106. The second-order valence-corrected chi connectivity index (χ2v) is 3.37. The average molecular weight is 250 g/mol. The van der Waals surface area contributed by atoms with E-state index in [0.29, 0.717) is 0 Å². The van der Waals surface area contributed by atoms with Gasteiger partial charge in [-0.15, -0.1) is 0 Å². The smallest absolute Gasteiger partial charge is 0.395 e. The minimum Gasteiger partial charge on any atom is -0.395 e. The highest BCUT2D eigenvalue weighted by Gasteiger charge is 2.08. The minimum atomic E-state index is -1.06. The summed E-state index contributed by atoms with van der Waals surface area (Å²) in [6, 6.07) is 10.1. The van der Waals surface area contributed by atoms with E-state index in [1.807, 2.05) is 0 Å². The predicted molar refractivity (Wildman–Crippen MR) is 59.5 cm³/mol. The van der Waals surface area contributed by atoms with E-state index in [1.54, 1.807) is 0 Å². The van der Waals surface area contributed by atoms with Crippen LogP contribution in [0, 0.1) is 11.6 Å². The second kappa shape index (κ2) is 5.27. The van der Waals surface area contributed by atoms with Crippen molar-refractivity contribution in [3.8, 4) is 11.5 Å². The maximum Gasteiger partial charge on any atom is 0.519 e. The summed E-state index contributed by atoms with van der Waals surface area (Å²) >= 11 is 0. The van der Waals surface area contributed by atoms with Gasteiger partial charge in [0.25, 0.3) is 0 Å². The van der Waals surface area contributed by atoms with Crippen LogP contribution in [0.3, 0.4) is 0 Å². The van der Waals surface area contributed by atoms with E-state index in [0.717, 1.165) is 12.1 Å². The molecule has 0 spiro atoms. The first-order valence-corrected chi connectivity index (χ1v) is 5.04. The number of carbonyl (C=O) groups excluding carboxylic acids is 1. The molecule has 18 heavy (non-hydrogen) atoms. The Balaban J connectivity index is 2.01. The molecule has 0 saturated carbocycles. The van der Waals surface area contributed by atoms with E-state index >= 15 is 0 Å². The number of ether oxygens (including phenoxy) is 2. The Hall–Kier alpha value is -2.43. The summed E-state index contributed by atoms with van der Waals surface area (Å²) in [6.07, 6.45) is -1.06. The molecule has 0 bridgehead atoms.